The van der Waals surface area contributed by atoms with Gasteiger partial charge in [0.1, 0.15) is 11.4 Å². The molecule has 1 N–H and O–H groups in total. The van der Waals surface area contributed by atoms with Gasteiger partial charge < -0.3 is 10.1 Å². The van der Waals surface area contributed by atoms with Crippen LogP contribution in [0.5, 0.6) is 5.75 Å². The van der Waals surface area contributed by atoms with Crippen LogP contribution in [0, 0.1) is 6.92 Å². The molecule has 0 saturated carbocycles. The lowest BCUT2D eigenvalue weighted by atomic mass is 10.0. The van der Waals surface area contributed by atoms with Crippen molar-refractivity contribution in [3.05, 3.63) is 94.6 Å². The van der Waals surface area contributed by atoms with Gasteiger partial charge in [-0.25, -0.2) is 4.90 Å². The number of carbonyl (C=O) groups is 2. The summed E-state index contributed by atoms with van der Waals surface area (Å²) < 4.78 is 5.39. The molecule has 0 radical (unpaired) electrons. The Kier molecular flexibility index (Phi) is 5.29. The third-order valence-electron chi connectivity index (χ3n) is 4.93. The minimum Gasteiger partial charge on any atom is -0.495 e. The second-order valence-electron chi connectivity index (χ2n) is 6.82. The second-order valence-corrected chi connectivity index (χ2v) is 7.25. The van der Waals surface area contributed by atoms with Crippen molar-refractivity contribution in [2.24, 2.45) is 0 Å². The molecule has 3 aromatic carbocycles. The standard InChI is InChI=1S/C24H19ClN2O3/c1-15-12-13-17(25)14-19(15)27-23(28)21(16-8-4-3-5-9-16)22(24(27)29)26-18-10-6-7-11-20(18)30-2/h3-14,26H,1-2H3. The third kappa shape index (κ3) is 3.44. The van der Waals surface area contributed by atoms with Gasteiger partial charge in [0, 0.05) is 5.02 Å². The predicted molar refractivity (Wildman–Crippen MR) is 119 cm³/mol. The Hall–Kier alpha value is -3.57. The number of rotatable bonds is 5. The Labute approximate surface area is 179 Å². The molecule has 0 aromatic heterocycles. The van der Waals surface area contributed by atoms with Gasteiger partial charge >= 0.3 is 0 Å². The fraction of sp³-hybridized carbons (Fsp3) is 0.0833. The van der Waals surface area contributed by atoms with Crippen LogP contribution >= 0.6 is 11.6 Å². The van der Waals surface area contributed by atoms with Crippen molar-refractivity contribution >= 4 is 40.4 Å². The monoisotopic (exact) mass is 418 g/mol. The molecule has 0 saturated heterocycles. The molecule has 0 fully saturated rings. The van der Waals surface area contributed by atoms with E-state index in [0.29, 0.717) is 33.3 Å². The highest BCUT2D eigenvalue weighted by Crippen LogP contribution is 2.37. The topological polar surface area (TPSA) is 58.6 Å². The minimum atomic E-state index is -0.449. The Bertz CT molecular complexity index is 1170. The first-order chi connectivity index (χ1) is 14.5. The van der Waals surface area contributed by atoms with E-state index in [1.54, 1.807) is 49.6 Å². The van der Waals surface area contributed by atoms with Crippen LogP contribution < -0.4 is 15.0 Å². The number of carbonyl (C=O) groups excluding carboxylic acids is 2. The van der Waals surface area contributed by atoms with Gasteiger partial charge in [0.15, 0.2) is 0 Å². The zero-order valence-electron chi connectivity index (χ0n) is 16.5. The molecular weight excluding hydrogens is 400 g/mol. The van der Waals surface area contributed by atoms with Crippen LogP contribution in [-0.2, 0) is 9.59 Å². The van der Waals surface area contributed by atoms with Crippen molar-refractivity contribution in [1.29, 1.82) is 0 Å². The van der Waals surface area contributed by atoms with E-state index >= 15 is 0 Å². The molecule has 0 spiro atoms. The number of amides is 2. The molecule has 5 nitrogen and oxygen atoms in total. The molecule has 2 amide bonds. The number of imide groups is 1. The minimum absolute atomic E-state index is 0.190. The van der Waals surface area contributed by atoms with E-state index in [9.17, 15) is 9.59 Å². The first-order valence-electron chi connectivity index (χ1n) is 9.36. The average Bonchev–Trinajstić information content (AvgIpc) is 3.00. The molecule has 1 aliphatic heterocycles. The van der Waals surface area contributed by atoms with Crippen molar-refractivity contribution in [1.82, 2.24) is 0 Å². The molecule has 0 bridgehead atoms. The molecule has 150 valence electrons. The molecule has 0 unspecified atom stereocenters. The number of nitrogens with zero attached hydrogens (tertiary/aromatic N) is 1. The van der Waals surface area contributed by atoms with Crippen LogP contribution in [0.4, 0.5) is 11.4 Å². The number of ether oxygens (including phenoxy) is 1. The Morgan fingerprint density at radius 2 is 1.60 bits per heavy atom. The highest BCUT2D eigenvalue weighted by Gasteiger charge is 2.41. The number of anilines is 2. The van der Waals surface area contributed by atoms with Gasteiger partial charge in [0.25, 0.3) is 11.8 Å². The van der Waals surface area contributed by atoms with E-state index in [-0.39, 0.29) is 5.70 Å². The summed E-state index contributed by atoms with van der Waals surface area (Å²) in [5, 5.41) is 3.58. The Morgan fingerprint density at radius 3 is 2.33 bits per heavy atom. The Balaban J connectivity index is 1.86. The average molecular weight is 419 g/mol. The number of para-hydroxylation sites is 2. The zero-order chi connectivity index (χ0) is 21.3. The van der Waals surface area contributed by atoms with Gasteiger partial charge in [-0.2, -0.15) is 0 Å². The summed E-state index contributed by atoms with van der Waals surface area (Å²) in [6, 6.07) is 21.5. The van der Waals surface area contributed by atoms with Gasteiger partial charge in [0.05, 0.1) is 24.1 Å². The summed E-state index contributed by atoms with van der Waals surface area (Å²) in [6.45, 7) is 1.83. The van der Waals surface area contributed by atoms with Gasteiger partial charge in [-0.3, -0.25) is 9.59 Å². The lowest BCUT2D eigenvalue weighted by Crippen LogP contribution is -2.33. The highest BCUT2D eigenvalue weighted by atomic mass is 35.5. The van der Waals surface area contributed by atoms with Gasteiger partial charge in [-0.1, -0.05) is 60.1 Å². The van der Waals surface area contributed by atoms with E-state index in [4.69, 9.17) is 16.3 Å². The summed E-state index contributed by atoms with van der Waals surface area (Å²) in [6.07, 6.45) is 0. The summed E-state index contributed by atoms with van der Waals surface area (Å²) in [7, 11) is 1.55. The zero-order valence-corrected chi connectivity index (χ0v) is 17.2. The van der Waals surface area contributed by atoms with Crippen LogP contribution in [-0.4, -0.2) is 18.9 Å². The summed E-state index contributed by atoms with van der Waals surface area (Å²) in [4.78, 5) is 28.1. The fourth-order valence-corrected chi connectivity index (χ4v) is 3.61. The lowest BCUT2D eigenvalue weighted by molar-refractivity contribution is -0.120. The van der Waals surface area contributed by atoms with Crippen molar-refractivity contribution in [3.63, 3.8) is 0 Å². The van der Waals surface area contributed by atoms with Crippen molar-refractivity contribution in [2.75, 3.05) is 17.3 Å². The molecule has 3 aromatic rings. The van der Waals surface area contributed by atoms with Crippen LogP contribution in [0.15, 0.2) is 78.5 Å². The molecular formula is C24H19ClN2O3. The summed E-state index contributed by atoms with van der Waals surface area (Å²) in [5.74, 6) is -0.292. The summed E-state index contributed by atoms with van der Waals surface area (Å²) in [5.41, 5.74) is 2.96. The maximum Gasteiger partial charge on any atom is 0.282 e. The van der Waals surface area contributed by atoms with Crippen LogP contribution in [0.1, 0.15) is 11.1 Å². The Morgan fingerprint density at radius 1 is 0.900 bits per heavy atom. The fourth-order valence-electron chi connectivity index (χ4n) is 3.44. The number of benzene rings is 3. The SMILES string of the molecule is COc1ccccc1NC1=C(c2ccccc2)C(=O)N(c2cc(Cl)ccc2C)C1=O. The third-order valence-corrected chi connectivity index (χ3v) is 5.16. The summed E-state index contributed by atoms with van der Waals surface area (Å²) >= 11 is 6.15. The molecule has 1 heterocycles. The maximum absolute atomic E-state index is 13.5. The first kappa shape index (κ1) is 19.7. The van der Waals surface area contributed by atoms with E-state index < -0.39 is 11.8 Å². The van der Waals surface area contributed by atoms with Crippen LogP contribution in [0.3, 0.4) is 0 Å². The second kappa shape index (κ2) is 8.05. The van der Waals surface area contributed by atoms with E-state index in [2.05, 4.69) is 5.32 Å². The first-order valence-corrected chi connectivity index (χ1v) is 9.73. The van der Waals surface area contributed by atoms with Gasteiger partial charge in [-0.15, -0.1) is 0 Å². The number of hydrogen-bond donors (Lipinski definition) is 1. The van der Waals surface area contributed by atoms with E-state index in [1.165, 1.54) is 4.90 Å². The van der Waals surface area contributed by atoms with E-state index in [1.807, 2.05) is 37.3 Å². The van der Waals surface area contributed by atoms with Gasteiger partial charge in [0.2, 0.25) is 0 Å². The normalized spacial score (nSPS) is 13.8. The number of aryl methyl sites for hydroxylation is 1. The van der Waals surface area contributed by atoms with Crippen molar-refractivity contribution in [3.8, 4) is 5.75 Å². The lowest BCUT2D eigenvalue weighted by Gasteiger charge is -2.18. The quantitative estimate of drug-likeness (QED) is 0.589. The molecule has 6 heteroatoms. The molecule has 30 heavy (non-hydrogen) atoms. The number of halogens is 1. The maximum atomic E-state index is 13.5. The smallest absolute Gasteiger partial charge is 0.282 e. The highest BCUT2D eigenvalue weighted by molar-refractivity contribution is 6.46. The number of nitrogens with one attached hydrogen (secondary N) is 1. The van der Waals surface area contributed by atoms with Gasteiger partial charge in [-0.05, 0) is 42.3 Å². The van der Waals surface area contributed by atoms with Crippen molar-refractivity contribution < 1.29 is 14.3 Å². The van der Waals surface area contributed by atoms with Crippen LogP contribution in [0.25, 0.3) is 5.57 Å². The molecule has 1 aliphatic rings. The van der Waals surface area contributed by atoms with E-state index in [0.717, 1.165) is 5.56 Å². The predicted octanol–water partition coefficient (Wildman–Crippen LogP) is 5.05. The van der Waals surface area contributed by atoms with Crippen molar-refractivity contribution in [2.45, 2.75) is 6.92 Å². The number of hydrogen-bond acceptors (Lipinski definition) is 4. The largest absolute Gasteiger partial charge is 0.495 e. The van der Waals surface area contributed by atoms with Crippen LogP contribution in [0.2, 0.25) is 5.02 Å². The molecule has 0 aliphatic carbocycles. The molecule has 0 atom stereocenters. The number of methoxy groups -OCH3 is 1. The molecule has 4 rings (SSSR count).